The number of hydrogen-bond donors (Lipinski definition) is 0. The van der Waals surface area contributed by atoms with E-state index in [1.54, 1.807) is 0 Å². The Balaban J connectivity index is 4.34. The lowest BCUT2D eigenvalue weighted by Gasteiger charge is -2.18. The van der Waals surface area contributed by atoms with Crippen molar-refractivity contribution in [2.24, 2.45) is 0 Å². The average Bonchev–Trinajstić information content (AvgIpc) is 3.39. The van der Waals surface area contributed by atoms with Crippen LogP contribution in [-0.2, 0) is 28.6 Å². The van der Waals surface area contributed by atoms with Gasteiger partial charge in [0.05, 0.1) is 0 Å². The van der Waals surface area contributed by atoms with Gasteiger partial charge in [0.1, 0.15) is 13.2 Å². The molecule has 6 nitrogen and oxygen atoms in total. The topological polar surface area (TPSA) is 78.9 Å². The zero-order valence-electron chi connectivity index (χ0n) is 48.1. The summed E-state index contributed by atoms with van der Waals surface area (Å²) in [7, 11) is 0. The molecule has 420 valence electrons. The van der Waals surface area contributed by atoms with Gasteiger partial charge >= 0.3 is 17.9 Å². The smallest absolute Gasteiger partial charge is 0.306 e. The summed E-state index contributed by atoms with van der Waals surface area (Å²) in [6.45, 7) is 6.48. The van der Waals surface area contributed by atoms with Gasteiger partial charge in [-0.25, -0.2) is 0 Å². The molecule has 0 heterocycles. The first-order valence-corrected chi connectivity index (χ1v) is 31.1. The maximum absolute atomic E-state index is 12.8. The Morgan fingerprint density at radius 1 is 0.288 bits per heavy atom. The van der Waals surface area contributed by atoms with Gasteiger partial charge in [-0.05, 0) is 109 Å². The third-order valence-electron chi connectivity index (χ3n) is 13.4. The van der Waals surface area contributed by atoms with Gasteiger partial charge in [-0.3, -0.25) is 14.4 Å². The van der Waals surface area contributed by atoms with Crippen molar-refractivity contribution in [3.63, 3.8) is 0 Å². The van der Waals surface area contributed by atoms with Crippen LogP contribution in [0.1, 0.15) is 303 Å². The van der Waals surface area contributed by atoms with Crippen LogP contribution < -0.4 is 0 Å². The molecule has 0 fully saturated rings. The zero-order valence-corrected chi connectivity index (χ0v) is 48.1. The number of hydrogen-bond acceptors (Lipinski definition) is 6. The highest BCUT2D eigenvalue weighted by Gasteiger charge is 2.19. The molecule has 0 amide bonds. The van der Waals surface area contributed by atoms with E-state index in [0.717, 1.165) is 89.9 Å². The molecule has 73 heavy (non-hydrogen) atoms. The SMILES string of the molecule is CC/C=C\C/C=C\C/C=C\C/C=C\C/C=C\CCCC(=O)OC(COC(=O)CCCCCCC/C=C\CCCCCC)COC(=O)CCCCCCCCCCCCCCC/C=C\CCCCCCCCCC. The van der Waals surface area contributed by atoms with Crippen LogP contribution in [0.25, 0.3) is 0 Å². The minimum absolute atomic E-state index is 0.101. The summed E-state index contributed by atoms with van der Waals surface area (Å²) in [6, 6.07) is 0. The first-order valence-electron chi connectivity index (χ1n) is 31.1. The molecule has 0 aromatic rings. The van der Waals surface area contributed by atoms with E-state index in [0.29, 0.717) is 19.3 Å². The largest absolute Gasteiger partial charge is 0.462 e. The van der Waals surface area contributed by atoms with Crippen molar-refractivity contribution in [3.8, 4) is 0 Å². The quantitative estimate of drug-likeness (QED) is 0.0261. The Morgan fingerprint density at radius 2 is 0.548 bits per heavy atom. The molecule has 0 radical (unpaired) electrons. The number of allylic oxidation sites excluding steroid dienone is 14. The van der Waals surface area contributed by atoms with Crippen LogP contribution in [0, 0.1) is 0 Å². The molecule has 0 N–H and O–H groups in total. The van der Waals surface area contributed by atoms with Gasteiger partial charge in [0.25, 0.3) is 0 Å². The van der Waals surface area contributed by atoms with Crippen LogP contribution in [-0.4, -0.2) is 37.2 Å². The molecule has 1 atom stereocenters. The van der Waals surface area contributed by atoms with E-state index in [2.05, 4.69) is 106 Å². The van der Waals surface area contributed by atoms with E-state index in [-0.39, 0.29) is 37.5 Å². The second kappa shape index (κ2) is 61.1. The van der Waals surface area contributed by atoms with Crippen molar-refractivity contribution in [1.82, 2.24) is 0 Å². The Kier molecular flexibility index (Phi) is 58.3. The number of rotatable bonds is 56. The number of unbranched alkanes of at least 4 members (excludes halogenated alkanes) is 31. The van der Waals surface area contributed by atoms with Crippen LogP contribution in [0.4, 0.5) is 0 Å². The normalized spacial score (nSPS) is 12.6. The summed E-state index contributed by atoms with van der Waals surface area (Å²) in [5.41, 5.74) is 0. The number of esters is 3. The van der Waals surface area contributed by atoms with Crippen LogP contribution in [0.15, 0.2) is 85.1 Å². The second-order valence-electron chi connectivity index (χ2n) is 20.6. The van der Waals surface area contributed by atoms with E-state index in [1.807, 2.05) is 0 Å². The average molecular weight is 1020 g/mol. The van der Waals surface area contributed by atoms with Crippen molar-refractivity contribution in [2.45, 2.75) is 309 Å². The van der Waals surface area contributed by atoms with Crippen molar-refractivity contribution >= 4 is 17.9 Å². The van der Waals surface area contributed by atoms with E-state index >= 15 is 0 Å². The van der Waals surface area contributed by atoms with Crippen LogP contribution in [0.2, 0.25) is 0 Å². The molecule has 0 aliphatic carbocycles. The minimum Gasteiger partial charge on any atom is -0.462 e. The predicted molar refractivity (Wildman–Crippen MR) is 316 cm³/mol. The van der Waals surface area contributed by atoms with E-state index in [9.17, 15) is 14.4 Å². The summed E-state index contributed by atoms with van der Waals surface area (Å²) < 4.78 is 16.8. The van der Waals surface area contributed by atoms with Gasteiger partial charge < -0.3 is 14.2 Å². The monoisotopic (exact) mass is 1020 g/mol. The molecule has 0 saturated carbocycles. The molecule has 1 unspecified atom stereocenters. The van der Waals surface area contributed by atoms with Gasteiger partial charge in [-0.1, -0.05) is 260 Å². The highest BCUT2D eigenvalue weighted by molar-refractivity contribution is 5.71. The van der Waals surface area contributed by atoms with Gasteiger partial charge in [0, 0.05) is 19.3 Å². The molecule has 0 rings (SSSR count). The summed E-state index contributed by atoms with van der Waals surface area (Å²) >= 11 is 0. The Morgan fingerprint density at radius 3 is 0.904 bits per heavy atom. The predicted octanol–water partition coefficient (Wildman–Crippen LogP) is 21.1. The summed E-state index contributed by atoms with van der Waals surface area (Å²) in [6.07, 6.45) is 80.3. The third-order valence-corrected chi connectivity index (χ3v) is 13.4. The van der Waals surface area contributed by atoms with Gasteiger partial charge in [-0.2, -0.15) is 0 Å². The first kappa shape index (κ1) is 69.6. The zero-order chi connectivity index (χ0) is 52.9. The van der Waals surface area contributed by atoms with E-state index in [1.165, 1.54) is 167 Å². The molecular formula is C67H116O6. The molecule has 0 aliphatic rings. The lowest BCUT2D eigenvalue weighted by molar-refractivity contribution is -0.167. The molecule has 0 spiro atoms. The van der Waals surface area contributed by atoms with E-state index < -0.39 is 6.10 Å². The molecular weight excluding hydrogens is 901 g/mol. The lowest BCUT2D eigenvalue weighted by Crippen LogP contribution is -2.30. The minimum atomic E-state index is -0.810. The maximum Gasteiger partial charge on any atom is 0.306 e. The van der Waals surface area contributed by atoms with Crippen LogP contribution in [0.5, 0.6) is 0 Å². The molecule has 0 aliphatic heterocycles. The summed E-state index contributed by atoms with van der Waals surface area (Å²) in [5.74, 6) is -0.960. The fraction of sp³-hybridized carbons (Fsp3) is 0.746. The Labute approximate surface area is 452 Å². The highest BCUT2D eigenvalue weighted by atomic mass is 16.6. The highest BCUT2D eigenvalue weighted by Crippen LogP contribution is 2.16. The first-order chi connectivity index (χ1) is 36.0. The maximum atomic E-state index is 12.8. The molecule has 0 bridgehead atoms. The van der Waals surface area contributed by atoms with Gasteiger partial charge in [0.2, 0.25) is 0 Å². The van der Waals surface area contributed by atoms with E-state index in [4.69, 9.17) is 14.2 Å². The van der Waals surface area contributed by atoms with Crippen molar-refractivity contribution < 1.29 is 28.6 Å². The second-order valence-corrected chi connectivity index (χ2v) is 20.6. The van der Waals surface area contributed by atoms with Crippen molar-refractivity contribution in [3.05, 3.63) is 85.1 Å². The number of carbonyl (C=O) groups excluding carboxylic acids is 3. The van der Waals surface area contributed by atoms with Crippen molar-refractivity contribution in [1.29, 1.82) is 0 Å². The summed E-state index contributed by atoms with van der Waals surface area (Å²) in [4.78, 5) is 38.2. The van der Waals surface area contributed by atoms with Crippen LogP contribution in [0.3, 0.4) is 0 Å². The molecule has 6 heteroatoms. The fourth-order valence-electron chi connectivity index (χ4n) is 8.70. The summed E-state index contributed by atoms with van der Waals surface area (Å²) in [5, 5.41) is 0. The molecule has 0 aromatic carbocycles. The Bertz CT molecular complexity index is 1400. The standard InChI is InChI=1S/C67H116O6/c1-4-7-10-13-16-19-22-25-27-29-30-31-32-33-34-35-36-38-39-42-45-48-51-54-57-60-66(69)72-63-64(62-71-65(68)59-56-53-50-47-44-41-24-21-18-15-12-9-6-3)73-67(70)61-58-55-52-49-46-43-40-37-28-26-23-20-17-14-11-8-5-2/h8,11,17,20-21,24,26,28-30,40,43,49,52,64H,4-7,9-10,12-16,18-19,22-23,25,27,31-39,41-42,44-48,50-51,53-63H2,1-3H3/b11-8-,20-17-,24-21-,28-26-,30-29-,43-40-,52-49-. The Hall–Kier alpha value is -3.41. The lowest BCUT2D eigenvalue weighted by atomic mass is 10.0. The van der Waals surface area contributed by atoms with Crippen molar-refractivity contribution in [2.75, 3.05) is 13.2 Å². The van der Waals surface area contributed by atoms with Gasteiger partial charge in [0.15, 0.2) is 6.10 Å². The number of ether oxygens (including phenoxy) is 3. The molecule has 0 aromatic heterocycles. The fourth-order valence-corrected chi connectivity index (χ4v) is 8.70. The van der Waals surface area contributed by atoms with Crippen LogP contribution >= 0.6 is 0 Å². The van der Waals surface area contributed by atoms with Gasteiger partial charge in [-0.15, -0.1) is 0 Å². The third kappa shape index (κ3) is 59.3. The number of carbonyl (C=O) groups is 3. The molecule has 0 saturated heterocycles.